The summed E-state index contributed by atoms with van der Waals surface area (Å²) in [6.45, 7) is 4.63. The maximum absolute atomic E-state index is 13.1. The van der Waals surface area contributed by atoms with Gasteiger partial charge in [0.25, 0.3) is 11.7 Å². The van der Waals surface area contributed by atoms with Gasteiger partial charge in [0, 0.05) is 49.6 Å². The highest BCUT2D eigenvalue weighted by molar-refractivity contribution is 6.42. The minimum absolute atomic E-state index is 0.310. The maximum atomic E-state index is 13.1. The number of Topliss-reactive ketones (excluding diaryl/α,β-unsaturated/α-hetero) is 1. The number of aryl methyl sites for hydroxylation is 1. The highest BCUT2D eigenvalue weighted by atomic mass is 35.5. The van der Waals surface area contributed by atoms with Gasteiger partial charge in [0.1, 0.15) is 5.82 Å². The van der Waals surface area contributed by atoms with Crippen LogP contribution in [0.3, 0.4) is 0 Å². The molecular formula is C24H23ClFN3O2. The molecule has 1 aliphatic heterocycles. The van der Waals surface area contributed by atoms with Crippen LogP contribution in [0.15, 0.2) is 60.8 Å². The van der Waals surface area contributed by atoms with Crippen molar-refractivity contribution >= 4 is 29.0 Å². The molecule has 0 saturated carbocycles. The van der Waals surface area contributed by atoms with Crippen LogP contribution in [0.1, 0.15) is 21.6 Å². The topological polar surface area (TPSA) is 45.6 Å². The molecule has 0 aliphatic carbocycles. The van der Waals surface area contributed by atoms with Crippen LogP contribution in [0.25, 0.3) is 0 Å². The number of amides is 1. The predicted molar refractivity (Wildman–Crippen MR) is 119 cm³/mol. The van der Waals surface area contributed by atoms with E-state index in [1.807, 2.05) is 25.1 Å². The molecule has 0 radical (unpaired) electrons. The van der Waals surface area contributed by atoms with Crippen molar-refractivity contribution in [2.24, 2.45) is 0 Å². The largest absolute Gasteiger partial charge is 0.368 e. The third-order valence-corrected chi connectivity index (χ3v) is 5.84. The van der Waals surface area contributed by atoms with Crippen LogP contribution in [-0.2, 0) is 11.3 Å². The number of carbonyl (C=O) groups excluding carboxylic acids is 2. The molecule has 2 heterocycles. The normalized spacial score (nSPS) is 14.0. The Kier molecular flexibility index (Phi) is 6.09. The molecule has 2 aromatic carbocycles. The SMILES string of the molecule is Cc1ccc(Cl)cc1N1CCN(C(=O)C(=O)c2cccn2Cc2ccc(F)cc2)CC1. The Labute approximate surface area is 185 Å². The molecule has 4 rings (SSSR count). The number of nitrogens with zero attached hydrogens (tertiary/aromatic N) is 3. The average Bonchev–Trinajstić information content (AvgIpc) is 3.24. The first-order valence-electron chi connectivity index (χ1n) is 10.2. The summed E-state index contributed by atoms with van der Waals surface area (Å²) in [5.74, 6) is -1.34. The molecule has 1 fully saturated rings. The van der Waals surface area contributed by atoms with Crippen molar-refractivity contribution in [3.8, 4) is 0 Å². The van der Waals surface area contributed by atoms with Crippen LogP contribution >= 0.6 is 11.6 Å². The van der Waals surface area contributed by atoms with Gasteiger partial charge in [-0.1, -0.05) is 29.8 Å². The van der Waals surface area contributed by atoms with E-state index in [-0.39, 0.29) is 5.82 Å². The Bertz CT molecular complexity index is 1100. The maximum Gasteiger partial charge on any atom is 0.296 e. The molecule has 1 amide bonds. The van der Waals surface area contributed by atoms with Crippen molar-refractivity contribution in [1.29, 1.82) is 0 Å². The summed E-state index contributed by atoms with van der Waals surface area (Å²) in [7, 11) is 0. The molecule has 0 N–H and O–H groups in total. The van der Waals surface area contributed by atoms with E-state index in [2.05, 4.69) is 4.90 Å². The first-order valence-corrected chi connectivity index (χ1v) is 10.5. The predicted octanol–water partition coefficient (Wildman–Crippen LogP) is 4.17. The zero-order valence-electron chi connectivity index (χ0n) is 17.2. The summed E-state index contributed by atoms with van der Waals surface area (Å²) in [5.41, 5.74) is 3.37. The second kappa shape index (κ2) is 8.94. The molecule has 0 unspecified atom stereocenters. The van der Waals surface area contributed by atoms with Gasteiger partial charge in [0.05, 0.1) is 5.69 Å². The molecule has 7 heteroatoms. The van der Waals surface area contributed by atoms with Crippen LogP contribution in [0.4, 0.5) is 10.1 Å². The number of carbonyl (C=O) groups is 2. The number of hydrogen-bond donors (Lipinski definition) is 0. The van der Waals surface area contributed by atoms with Gasteiger partial charge in [-0.2, -0.15) is 0 Å². The lowest BCUT2D eigenvalue weighted by atomic mass is 10.1. The number of ketones is 1. The molecule has 0 bridgehead atoms. The van der Waals surface area contributed by atoms with Crippen LogP contribution in [-0.4, -0.2) is 47.3 Å². The fourth-order valence-corrected chi connectivity index (χ4v) is 4.04. The summed E-state index contributed by atoms with van der Waals surface area (Å²) in [4.78, 5) is 29.6. The van der Waals surface area contributed by atoms with Crippen LogP contribution in [0.2, 0.25) is 5.02 Å². The number of rotatable bonds is 5. The molecule has 1 aliphatic rings. The van der Waals surface area contributed by atoms with Crippen molar-refractivity contribution in [3.05, 3.63) is 88.5 Å². The van der Waals surface area contributed by atoms with E-state index in [4.69, 9.17) is 11.6 Å². The highest BCUT2D eigenvalue weighted by Crippen LogP contribution is 2.25. The van der Waals surface area contributed by atoms with Gasteiger partial charge in [-0.15, -0.1) is 0 Å². The van der Waals surface area contributed by atoms with E-state index in [9.17, 15) is 14.0 Å². The summed E-state index contributed by atoms with van der Waals surface area (Å²) < 4.78 is 14.9. The van der Waals surface area contributed by atoms with Crippen molar-refractivity contribution in [2.45, 2.75) is 13.5 Å². The molecule has 1 aromatic heterocycles. The summed E-state index contributed by atoms with van der Waals surface area (Å²) in [5, 5.41) is 0.677. The van der Waals surface area contributed by atoms with Crippen LogP contribution in [0.5, 0.6) is 0 Å². The molecule has 5 nitrogen and oxygen atoms in total. The standard InChI is InChI=1S/C24H23ClFN3O2/c1-17-4-7-19(25)15-22(17)27-11-13-28(14-12-27)24(31)23(30)21-3-2-10-29(21)16-18-5-8-20(26)9-6-18/h2-10,15H,11-14,16H2,1H3. The zero-order chi connectivity index (χ0) is 22.0. The number of aromatic nitrogens is 1. The van der Waals surface area contributed by atoms with Crippen LogP contribution < -0.4 is 4.90 Å². The minimum Gasteiger partial charge on any atom is -0.368 e. The second-order valence-electron chi connectivity index (χ2n) is 7.69. The Balaban J connectivity index is 1.42. The molecular weight excluding hydrogens is 417 g/mol. The second-order valence-corrected chi connectivity index (χ2v) is 8.12. The van der Waals surface area contributed by atoms with E-state index < -0.39 is 11.7 Å². The minimum atomic E-state index is -0.528. The number of anilines is 1. The third-order valence-electron chi connectivity index (χ3n) is 5.60. The van der Waals surface area contributed by atoms with Gasteiger partial charge in [0.2, 0.25) is 0 Å². The van der Waals surface area contributed by atoms with Gasteiger partial charge in [-0.05, 0) is 54.4 Å². The Hall–Kier alpha value is -3.12. The Morgan fingerprint density at radius 3 is 2.42 bits per heavy atom. The van der Waals surface area contributed by atoms with E-state index in [1.54, 1.807) is 39.9 Å². The molecule has 0 atom stereocenters. The fraction of sp³-hybridized carbons (Fsp3) is 0.250. The fourth-order valence-electron chi connectivity index (χ4n) is 3.87. The summed E-state index contributed by atoms with van der Waals surface area (Å²) in [6.07, 6.45) is 1.75. The van der Waals surface area contributed by atoms with E-state index in [1.165, 1.54) is 12.1 Å². The van der Waals surface area contributed by atoms with Crippen molar-refractivity contribution in [2.75, 3.05) is 31.1 Å². The number of hydrogen-bond acceptors (Lipinski definition) is 3. The third kappa shape index (κ3) is 4.64. The molecule has 0 spiro atoms. The van der Waals surface area contributed by atoms with Crippen molar-refractivity contribution in [3.63, 3.8) is 0 Å². The lowest BCUT2D eigenvalue weighted by molar-refractivity contribution is -0.126. The van der Waals surface area contributed by atoms with Gasteiger partial charge in [0.15, 0.2) is 0 Å². The number of piperazine rings is 1. The quantitative estimate of drug-likeness (QED) is 0.443. The molecule has 1 saturated heterocycles. The van der Waals surface area contributed by atoms with Crippen molar-refractivity contribution < 1.29 is 14.0 Å². The smallest absolute Gasteiger partial charge is 0.296 e. The molecule has 160 valence electrons. The zero-order valence-corrected chi connectivity index (χ0v) is 18.0. The number of halogens is 2. The lowest BCUT2D eigenvalue weighted by Gasteiger charge is -2.36. The summed E-state index contributed by atoms with van der Waals surface area (Å²) in [6, 6.07) is 15.3. The molecule has 3 aromatic rings. The number of benzene rings is 2. The monoisotopic (exact) mass is 439 g/mol. The van der Waals surface area contributed by atoms with Gasteiger partial charge in [-0.3, -0.25) is 9.59 Å². The van der Waals surface area contributed by atoms with Crippen LogP contribution in [0, 0.1) is 12.7 Å². The Morgan fingerprint density at radius 2 is 1.71 bits per heavy atom. The van der Waals surface area contributed by atoms with E-state index in [0.29, 0.717) is 43.4 Å². The average molecular weight is 440 g/mol. The Morgan fingerprint density at radius 1 is 1.00 bits per heavy atom. The molecule has 31 heavy (non-hydrogen) atoms. The van der Waals surface area contributed by atoms with Gasteiger partial charge < -0.3 is 14.4 Å². The van der Waals surface area contributed by atoms with E-state index >= 15 is 0 Å². The first kappa shape index (κ1) is 21.1. The van der Waals surface area contributed by atoms with Crippen molar-refractivity contribution in [1.82, 2.24) is 9.47 Å². The lowest BCUT2D eigenvalue weighted by Crippen LogP contribution is -2.51. The summed E-state index contributed by atoms with van der Waals surface area (Å²) >= 11 is 6.14. The van der Waals surface area contributed by atoms with E-state index in [0.717, 1.165) is 16.8 Å². The highest BCUT2D eigenvalue weighted by Gasteiger charge is 2.28. The first-order chi connectivity index (χ1) is 14.9. The van der Waals surface area contributed by atoms with Gasteiger partial charge in [-0.25, -0.2) is 4.39 Å². The van der Waals surface area contributed by atoms with Gasteiger partial charge >= 0.3 is 0 Å².